The number of hydrogen-bond donors (Lipinski definition) is 1. The molecule has 4 heteroatoms. The molecule has 1 atom stereocenters. The van der Waals surface area contributed by atoms with Gasteiger partial charge in [-0.2, -0.15) is 10.2 Å². The van der Waals surface area contributed by atoms with Gasteiger partial charge in [-0.3, -0.25) is 0 Å². The predicted octanol–water partition coefficient (Wildman–Crippen LogP) is 3.10. The van der Waals surface area contributed by atoms with Gasteiger partial charge in [0, 0.05) is 12.0 Å². The van der Waals surface area contributed by atoms with Crippen molar-refractivity contribution in [2.75, 3.05) is 18.5 Å². The number of fused-ring (bicyclic) bond motifs is 1. The molecule has 19 heavy (non-hydrogen) atoms. The van der Waals surface area contributed by atoms with E-state index >= 15 is 0 Å². The van der Waals surface area contributed by atoms with E-state index in [-0.39, 0.29) is 6.04 Å². The Labute approximate surface area is 114 Å². The fourth-order valence-corrected chi connectivity index (χ4v) is 1.97. The van der Waals surface area contributed by atoms with Gasteiger partial charge in [-0.25, -0.2) is 0 Å². The summed E-state index contributed by atoms with van der Waals surface area (Å²) in [5.74, 6) is 0.485. The van der Waals surface area contributed by atoms with E-state index in [0.717, 1.165) is 23.2 Å². The Hall–Kier alpha value is -1.68. The zero-order valence-electron chi connectivity index (χ0n) is 11.8. The van der Waals surface area contributed by atoms with Crippen LogP contribution in [0, 0.1) is 5.92 Å². The molecular weight excluding hydrogens is 238 g/mol. The smallest absolute Gasteiger partial charge is 0.0950 e. The van der Waals surface area contributed by atoms with Gasteiger partial charge in [-0.1, -0.05) is 32.0 Å². The summed E-state index contributed by atoms with van der Waals surface area (Å²) in [5, 5.41) is 12.8. The molecule has 2 aromatic rings. The predicted molar refractivity (Wildman–Crippen MR) is 78.3 cm³/mol. The van der Waals surface area contributed by atoms with Gasteiger partial charge in [-0.15, -0.1) is 0 Å². The molecule has 0 aliphatic rings. The number of ether oxygens (including phenoxy) is 1. The standard InChI is InChI=1S/C15H21N3O/c1-4-19-10-15(11(2)3)17-14-9-16-18-13-8-6-5-7-12(13)14/h5-9,11,15H,4,10H2,1-3H3,(H,17,18). The van der Waals surface area contributed by atoms with Crippen LogP contribution in [0.15, 0.2) is 30.5 Å². The van der Waals surface area contributed by atoms with Gasteiger partial charge in [-0.05, 0) is 18.9 Å². The molecule has 1 aromatic carbocycles. The molecule has 102 valence electrons. The fraction of sp³-hybridized carbons (Fsp3) is 0.467. The molecule has 0 fully saturated rings. The minimum absolute atomic E-state index is 0.271. The summed E-state index contributed by atoms with van der Waals surface area (Å²) in [5.41, 5.74) is 1.93. The third-order valence-corrected chi connectivity index (χ3v) is 3.19. The molecule has 0 saturated heterocycles. The van der Waals surface area contributed by atoms with Crippen molar-refractivity contribution in [3.05, 3.63) is 30.5 Å². The van der Waals surface area contributed by atoms with Gasteiger partial charge in [0.1, 0.15) is 0 Å². The third kappa shape index (κ3) is 3.41. The van der Waals surface area contributed by atoms with Crippen molar-refractivity contribution in [1.29, 1.82) is 0 Å². The van der Waals surface area contributed by atoms with Crippen LogP contribution in [0.4, 0.5) is 5.69 Å². The number of hydrogen-bond acceptors (Lipinski definition) is 4. The molecule has 2 rings (SSSR count). The first kappa shape index (κ1) is 13.7. The highest BCUT2D eigenvalue weighted by Gasteiger charge is 2.14. The monoisotopic (exact) mass is 259 g/mol. The van der Waals surface area contributed by atoms with E-state index in [1.54, 1.807) is 6.20 Å². The molecular formula is C15H21N3O. The van der Waals surface area contributed by atoms with Gasteiger partial charge >= 0.3 is 0 Å². The number of aromatic nitrogens is 2. The normalized spacial score (nSPS) is 12.8. The Morgan fingerprint density at radius 3 is 2.79 bits per heavy atom. The molecule has 0 saturated carbocycles. The maximum absolute atomic E-state index is 5.54. The number of benzene rings is 1. The fourth-order valence-electron chi connectivity index (χ4n) is 1.97. The van der Waals surface area contributed by atoms with Gasteiger partial charge in [0.05, 0.1) is 30.0 Å². The molecule has 0 amide bonds. The Bertz CT molecular complexity index is 522. The second kappa shape index (κ2) is 6.48. The van der Waals surface area contributed by atoms with Crippen LogP contribution < -0.4 is 5.32 Å². The van der Waals surface area contributed by atoms with Gasteiger partial charge in [0.25, 0.3) is 0 Å². The quantitative estimate of drug-likeness (QED) is 0.866. The van der Waals surface area contributed by atoms with Crippen molar-refractivity contribution >= 4 is 16.6 Å². The lowest BCUT2D eigenvalue weighted by Gasteiger charge is -2.23. The first-order chi connectivity index (χ1) is 9.22. The number of nitrogens with one attached hydrogen (secondary N) is 1. The lowest BCUT2D eigenvalue weighted by molar-refractivity contribution is 0.127. The maximum Gasteiger partial charge on any atom is 0.0950 e. The topological polar surface area (TPSA) is 47.0 Å². The van der Waals surface area contributed by atoms with Crippen molar-refractivity contribution in [2.24, 2.45) is 5.92 Å². The van der Waals surface area contributed by atoms with Crippen LogP contribution in [0.3, 0.4) is 0 Å². The highest BCUT2D eigenvalue weighted by Crippen LogP contribution is 2.22. The summed E-state index contributed by atoms with van der Waals surface area (Å²) in [7, 11) is 0. The van der Waals surface area contributed by atoms with Crippen LogP contribution in [0.2, 0.25) is 0 Å². The van der Waals surface area contributed by atoms with Gasteiger partial charge in [0.15, 0.2) is 0 Å². The average Bonchev–Trinajstić information content (AvgIpc) is 2.43. The summed E-state index contributed by atoms with van der Waals surface area (Å²) in [6, 6.07) is 8.29. The van der Waals surface area contributed by atoms with Crippen molar-refractivity contribution in [3.63, 3.8) is 0 Å². The van der Waals surface area contributed by atoms with E-state index in [9.17, 15) is 0 Å². The van der Waals surface area contributed by atoms with E-state index in [0.29, 0.717) is 12.5 Å². The largest absolute Gasteiger partial charge is 0.380 e. The van der Waals surface area contributed by atoms with Crippen LogP contribution in [0.25, 0.3) is 10.9 Å². The second-order valence-electron chi connectivity index (χ2n) is 4.93. The van der Waals surface area contributed by atoms with E-state index in [4.69, 9.17) is 4.74 Å². The molecule has 0 aliphatic heterocycles. The van der Waals surface area contributed by atoms with E-state index in [1.165, 1.54) is 0 Å². The minimum atomic E-state index is 0.271. The third-order valence-electron chi connectivity index (χ3n) is 3.19. The van der Waals surface area contributed by atoms with E-state index < -0.39 is 0 Å². The number of anilines is 1. The van der Waals surface area contributed by atoms with Gasteiger partial charge < -0.3 is 10.1 Å². The lowest BCUT2D eigenvalue weighted by Crippen LogP contribution is -2.31. The summed E-state index contributed by atoms with van der Waals surface area (Å²) in [6.07, 6.45) is 1.78. The zero-order chi connectivity index (χ0) is 13.7. The molecule has 0 bridgehead atoms. The lowest BCUT2D eigenvalue weighted by atomic mass is 10.0. The van der Waals surface area contributed by atoms with Crippen LogP contribution in [-0.4, -0.2) is 29.5 Å². The first-order valence-corrected chi connectivity index (χ1v) is 6.77. The average molecular weight is 259 g/mol. The highest BCUT2D eigenvalue weighted by atomic mass is 16.5. The number of rotatable bonds is 6. The minimum Gasteiger partial charge on any atom is -0.380 e. The maximum atomic E-state index is 5.54. The van der Waals surface area contributed by atoms with E-state index in [1.807, 2.05) is 25.1 Å². The van der Waals surface area contributed by atoms with Crippen LogP contribution in [0.1, 0.15) is 20.8 Å². The van der Waals surface area contributed by atoms with Crippen LogP contribution in [-0.2, 0) is 4.74 Å². The van der Waals surface area contributed by atoms with Crippen molar-refractivity contribution in [2.45, 2.75) is 26.8 Å². The highest BCUT2D eigenvalue weighted by molar-refractivity contribution is 5.90. The summed E-state index contributed by atoms with van der Waals surface area (Å²) >= 11 is 0. The van der Waals surface area contributed by atoms with Crippen LogP contribution >= 0.6 is 0 Å². The first-order valence-electron chi connectivity index (χ1n) is 6.77. The number of nitrogens with zero attached hydrogens (tertiary/aromatic N) is 2. The van der Waals surface area contributed by atoms with Crippen LogP contribution in [0.5, 0.6) is 0 Å². The summed E-state index contributed by atoms with van der Waals surface area (Å²) < 4.78 is 5.54. The SMILES string of the molecule is CCOCC(Nc1cnnc2ccccc12)C(C)C. The van der Waals surface area contributed by atoms with Gasteiger partial charge in [0.2, 0.25) is 0 Å². The van der Waals surface area contributed by atoms with Crippen molar-refractivity contribution in [3.8, 4) is 0 Å². The molecule has 0 aliphatic carbocycles. The molecule has 0 spiro atoms. The molecule has 1 aromatic heterocycles. The molecule has 1 N–H and O–H groups in total. The summed E-state index contributed by atoms with van der Waals surface area (Å²) in [4.78, 5) is 0. The van der Waals surface area contributed by atoms with Crippen molar-refractivity contribution < 1.29 is 4.74 Å². The molecule has 1 heterocycles. The van der Waals surface area contributed by atoms with E-state index in [2.05, 4.69) is 35.4 Å². The Kier molecular flexibility index (Phi) is 4.68. The second-order valence-corrected chi connectivity index (χ2v) is 4.93. The Balaban J connectivity index is 2.23. The Morgan fingerprint density at radius 1 is 1.26 bits per heavy atom. The molecule has 0 radical (unpaired) electrons. The molecule has 1 unspecified atom stereocenters. The van der Waals surface area contributed by atoms with Crippen molar-refractivity contribution in [1.82, 2.24) is 10.2 Å². The molecule has 4 nitrogen and oxygen atoms in total. The Morgan fingerprint density at radius 2 is 2.05 bits per heavy atom. The zero-order valence-corrected chi connectivity index (χ0v) is 11.8. The summed E-state index contributed by atoms with van der Waals surface area (Å²) in [6.45, 7) is 7.83.